The van der Waals surface area contributed by atoms with Crippen molar-refractivity contribution in [3.8, 4) is 17.0 Å². The van der Waals surface area contributed by atoms with Gasteiger partial charge in [-0.15, -0.1) is 11.3 Å². The zero-order chi connectivity index (χ0) is 12.7. The summed E-state index contributed by atoms with van der Waals surface area (Å²) in [6, 6.07) is 3.27. The van der Waals surface area contributed by atoms with E-state index in [4.69, 9.17) is 4.42 Å². The Morgan fingerprint density at radius 1 is 1.39 bits per heavy atom. The van der Waals surface area contributed by atoms with Crippen LogP contribution < -0.4 is 5.43 Å². The van der Waals surface area contributed by atoms with Crippen LogP contribution in [-0.4, -0.2) is 10.1 Å². The van der Waals surface area contributed by atoms with Gasteiger partial charge in [-0.05, 0) is 24.6 Å². The third kappa shape index (κ3) is 1.60. The molecule has 5 heteroatoms. The molecular weight excluding hydrogens is 250 g/mol. The molecule has 0 spiro atoms. The second-order valence-corrected chi connectivity index (χ2v) is 4.73. The Labute approximate surface area is 106 Å². The lowest BCUT2D eigenvalue weighted by Gasteiger charge is -2.03. The topological polar surface area (TPSA) is 63.3 Å². The van der Waals surface area contributed by atoms with Crippen LogP contribution in [0.1, 0.15) is 5.56 Å². The summed E-state index contributed by atoms with van der Waals surface area (Å²) < 4.78 is 5.41. The van der Waals surface area contributed by atoms with E-state index < -0.39 is 0 Å². The van der Waals surface area contributed by atoms with Crippen molar-refractivity contribution in [2.75, 3.05) is 0 Å². The molecule has 0 saturated heterocycles. The summed E-state index contributed by atoms with van der Waals surface area (Å²) in [7, 11) is 0. The molecule has 0 aliphatic heterocycles. The predicted molar refractivity (Wildman–Crippen MR) is 70.0 cm³/mol. The molecule has 0 amide bonds. The lowest BCUT2D eigenvalue weighted by molar-refractivity contribution is 0.479. The van der Waals surface area contributed by atoms with Crippen LogP contribution >= 0.6 is 11.3 Å². The summed E-state index contributed by atoms with van der Waals surface area (Å²) in [5, 5.41) is 11.8. The number of benzene rings is 1. The van der Waals surface area contributed by atoms with Gasteiger partial charge in [0.1, 0.15) is 23.0 Å². The Morgan fingerprint density at radius 2 is 2.22 bits per heavy atom. The number of aromatic nitrogens is 1. The maximum absolute atomic E-state index is 12.3. The predicted octanol–water partition coefficient (Wildman–Crippen LogP) is 2.93. The maximum Gasteiger partial charge on any atom is 0.205 e. The maximum atomic E-state index is 12.3. The van der Waals surface area contributed by atoms with Crippen molar-refractivity contribution in [3.63, 3.8) is 0 Å². The number of fused-ring (bicyclic) bond motifs is 1. The SMILES string of the molecule is Cc1cc(O)c2c(=O)c(-c3cscn3)coc2c1. The fraction of sp³-hybridized carbons (Fsp3) is 0.0769. The standard InChI is InChI=1S/C13H9NO3S/c1-7-2-10(15)12-11(3-7)17-4-8(13(12)16)9-5-18-6-14-9/h2-6,15H,1H3. The molecule has 0 bridgehead atoms. The van der Waals surface area contributed by atoms with Crippen LogP contribution in [-0.2, 0) is 0 Å². The average Bonchev–Trinajstić information content (AvgIpc) is 2.81. The minimum absolute atomic E-state index is 0.0594. The lowest BCUT2D eigenvalue weighted by atomic mass is 10.1. The first-order valence-electron chi connectivity index (χ1n) is 5.30. The van der Waals surface area contributed by atoms with E-state index in [2.05, 4.69) is 4.98 Å². The summed E-state index contributed by atoms with van der Waals surface area (Å²) in [5.74, 6) is -0.0594. The van der Waals surface area contributed by atoms with Gasteiger partial charge in [-0.25, -0.2) is 4.98 Å². The molecule has 2 aromatic heterocycles. The first kappa shape index (κ1) is 11.0. The van der Waals surface area contributed by atoms with Gasteiger partial charge in [-0.3, -0.25) is 4.79 Å². The van der Waals surface area contributed by atoms with E-state index in [1.54, 1.807) is 23.0 Å². The van der Waals surface area contributed by atoms with E-state index in [-0.39, 0.29) is 16.6 Å². The van der Waals surface area contributed by atoms with Crippen molar-refractivity contribution < 1.29 is 9.52 Å². The number of hydrogen-bond donors (Lipinski definition) is 1. The van der Waals surface area contributed by atoms with Crippen LogP contribution in [0.15, 0.2) is 38.5 Å². The molecule has 0 saturated carbocycles. The largest absolute Gasteiger partial charge is 0.507 e. The lowest BCUT2D eigenvalue weighted by Crippen LogP contribution is -2.05. The summed E-state index contributed by atoms with van der Waals surface area (Å²) >= 11 is 1.40. The van der Waals surface area contributed by atoms with Gasteiger partial charge in [0.25, 0.3) is 0 Å². The number of nitrogens with zero attached hydrogens (tertiary/aromatic N) is 1. The smallest absolute Gasteiger partial charge is 0.205 e. The zero-order valence-corrected chi connectivity index (χ0v) is 10.3. The first-order valence-corrected chi connectivity index (χ1v) is 6.25. The summed E-state index contributed by atoms with van der Waals surface area (Å²) in [5.41, 5.74) is 3.53. The molecule has 3 rings (SSSR count). The molecule has 0 atom stereocenters. The van der Waals surface area contributed by atoms with Crippen LogP contribution in [0.5, 0.6) is 5.75 Å². The van der Waals surface area contributed by atoms with Crippen LogP contribution in [0.25, 0.3) is 22.2 Å². The number of phenols is 1. The molecule has 1 aromatic carbocycles. The fourth-order valence-electron chi connectivity index (χ4n) is 1.89. The number of rotatable bonds is 1. The number of hydrogen-bond acceptors (Lipinski definition) is 5. The molecule has 0 unspecified atom stereocenters. The third-order valence-corrected chi connectivity index (χ3v) is 3.30. The van der Waals surface area contributed by atoms with Gasteiger partial charge in [-0.1, -0.05) is 0 Å². The van der Waals surface area contributed by atoms with E-state index in [9.17, 15) is 9.90 Å². The van der Waals surface area contributed by atoms with Gasteiger partial charge in [0.05, 0.1) is 16.8 Å². The minimum Gasteiger partial charge on any atom is -0.507 e. The van der Waals surface area contributed by atoms with Gasteiger partial charge in [-0.2, -0.15) is 0 Å². The van der Waals surface area contributed by atoms with Gasteiger partial charge >= 0.3 is 0 Å². The highest BCUT2D eigenvalue weighted by Gasteiger charge is 2.13. The minimum atomic E-state index is -0.264. The Kier molecular flexibility index (Phi) is 2.41. The van der Waals surface area contributed by atoms with Gasteiger partial charge in [0, 0.05) is 5.38 Å². The summed E-state index contributed by atoms with van der Waals surface area (Å²) in [6.07, 6.45) is 1.39. The normalized spacial score (nSPS) is 10.9. The fourth-order valence-corrected chi connectivity index (χ4v) is 2.44. The third-order valence-electron chi connectivity index (χ3n) is 2.71. The van der Waals surface area contributed by atoms with Crippen molar-refractivity contribution in [1.29, 1.82) is 0 Å². The monoisotopic (exact) mass is 259 g/mol. The number of aromatic hydroxyl groups is 1. The number of aryl methyl sites for hydroxylation is 1. The second kappa shape index (κ2) is 3.96. The van der Waals surface area contributed by atoms with E-state index in [1.807, 2.05) is 6.92 Å². The van der Waals surface area contributed by atoms with Gasteiger partial charge in [0.15, 0.2) is 0 Å². The Morgan fingerprint density at radius 3 is 2.94 bits per heavy atom. The average molecular weight is 259 g/mol. The molecule has 18 heavy (non-hydrogen) atoms. The van der Waals surface area contributed by atoms with Crippen molar-refractivity contribution in [2.45, 2.75) is 6.92 Å². The van der Waals surface area contributed by atoms with Crippen molar-refractivity contribution in [3.05, 3.63) is 45.1 Å². The molecule has 1 N–H and O–H groups in total. The second-order valence-electron chi connectivity index (χ2n) is 4.01. The molecule has 0 aliphatic rings. The summed E-state index contributed by atoms with van der Waals surface area (Å²) in [6.45, 7) is 1.83. The molecule has 4 nitrogen and oxygen atoms in total. The van der Waals surface area contributed by atoms with Gasteiger partial charge < -0.3 is 9.52 Å². The molecule has 90 valence electrons. The Bertz CT molecular complexity index is 775. The first-order chi connectivity index (χ1) is 8.66. The highest BCUT2D eigenvalue weighted by molar-refractivity contribution is 7.07. The summed E-state index contributed by atoms with van der Waals surface area (Å²) in [4.78, 5) is 16.4. The van der Waals surface area contributed by atoms with Crippen molar-refractivity contribution >= 4 is 22.3 Å². The molecule has 0 fully saturated rings. The molecule has 2 heterocycles. The number of phenolic OH excluding ortho intramolecular Hbond substituents is 1. The van der Waals surface area contributed by atoms with E-state index in [0.717, 1.165) is 5.56 Å². The van der Waals surface area contributed by atoms with E-state index in [0.29, 0.717) is 16.8 Å². The van der Waals surface area contributed by atoms with Crippen molar-refractivity contribution in [2.24, 2.45) is 0 Å². The Hall–Kier alpha value is -2.14. The molecule has 3 aromatic rings. The Balaban J connectivity index is 2.40. The quantitative estimate of drug-likeness (QED) is 0.729. The molecular formula is C13H9NO3S. The number of thiazole rings is 1. The van der Waals surface area contributed by atoms with Crippen LogP contribution in [0.2, 0.25) is 0 Å². The van der Waals surface area contributed by atoms with Crippen LogP contribution in [0, 0.1) is 6.92 Å². The van der Waals surface area contributed by atoms with Gasteiger partial charge in [0.2, 0.25) is 5.43 Å². The van der Waals surface area contributed by atoms with Crippen LogP contribution in [0.4, 0.5) is 0 Å². The highest BCUT2D eigenvalue weighted by atomic mass is 32.1. The van der Waals surface area contributed by atoms with E-state index >= 15 is 0 Å². The molecule has 0 aliphatic carbocycles. The molecule has 0 radical (unpaired) electrons. The van der Waals surface area contributed by atoms with Crippen molar-refractivity contribution in [1.82, 2.24) is 4.98 Å². The van der Waals surface area contributed by atoms with Crippen LogP contribution in [0.3, 0.4) is 0 Å². The zero-order valence-electron chi connectivity index (χ0n) is 9.51. The highest BCUT2D eigenvalue weighted by Crippen LogP contribution is 2.26. The van der Waals surface area contributed by atoms with E-state index in [1.165, 1.54) is 17.6 Å².